The number of hydrogen-bond donors (Lipinski definition) is 0. The Kier molecular flexibility index (Phi) is 4.96. The number of para-hydroxylation sites is 1. The molecule has 2 aromatic carbocycles. The molecule has 1 aliphatic rings. The van der Waals surface area contributed by atoms with Crippen LogP contribution in [-0.2, 0) is 11.4 Å². The van der Waals surface area contributed by atoms with Crippen molar-refractivity contribution in [3.8, 4) is 5.75 Å². The van der Waals surface area contributed by atoms with E-state index in [1.807, 2.05) is 0 Å². The first-order valence-electron chi connectivity index (χ1n) is 8.18. The number of amides is 2. The number of halogens is 2. The molecule has 8 nitrogen and oxygen atoms in total. The van der Waals surface area contributed by atoms with Gasteiger partial charge in [0.25, 0.3) is 11.8 Å². The predicted molar refractivity (Wildman–Crippen MR) is 99.7 cm³/mol. The van der Waals surface area contributed by atoms with Gasteiger partial charge in [-0.05, 0) is 24.3 Å². The topological polar surface area (TPSA) is 98.9 Å². The van der Waals surface area contributed by atoms with Crippen molar-refractivity contribution < 1.29 is 28.5 Å². The molecule has 1 aromatic heterocycles. The Morgan fingerprint density at radius 1 is 1.00 bits per heavy atom. The Bertz CT molecular complexity index is 1090. The lowest BCUT2D eigenvalue weighted by molar-refractivity contribution is -0.0590. The number of benzene rings is 2. The molecule has 0 atom stereocenters. The molecule has 2 heterocycles. The number of hydroxylamine groups is 2. The maximum absolute atomic E-state index is 12.3. The summed E-state index contributed by atoms with van der Waals surface area (Å²) in [4.78, 5) is 41.7. The smallest absolute Gasteiger partial charge is 0.385 e. The molecule has 0 saturated carbocycles. The first-order valence-corrected chi connectivity index (χ1v) is 8.94. The van der Waals surface area contributed by atoms with Crippen LogP contribution in [0.4, 0.5) is 0 Å². The summed E-state index contributed by atoms with van der Waals surface area (Å²) >= 11 is 12.0. The van der Waals surface area contributed by atoms with Gasteiger partial charge in [0, 0.05) is 6.07 Å². The highest BCUT2D eigenvalue weighted by molar-refractivity contribution is 6.37. The lowest BCUT2D eigenvalue weighted by Gasteiger charge is -2.11. The number of fused-ring (bicyclic) bond motifs is 1. The third-order valence-electron chi connectivity index (χ3n) is 3.98. The minimum atomic E-state index is -1.04. The standard InChI is InChI=1S/C19H10Cl2N2O6/c20-13-6-3-7-14(21)16(13)27-9-10-8-15(22-28-10)19(26)29-23-17(24)11-4-1-2-5-12(11)18(23)25/h1-8H,9H2. The van der Waals surface area contributed by atoms with Gasteiger partial charge in [0.15, 0.2) is 17.2 Å². The van der Waals surface area contributed by atoms with E-state index < -0.39 is 17.8 Å². The van der Waals surface area contributed by atoms with Gasteiger partial charge >= 0.3 is 5.97 Å². The molecule has 2 amide bonds. The molecule has 0 spiro atoms. The fraction of sp³-hybridized carbons (Fsp3) is 0.0526. The number of carbonyl (C=O) groups is 3. The highest BCUT2D eigenvalue weighted by Crippen LogP contribution is 2.33. The van der Waals surface area contributed by atoms with Crippen LogP contribution >= 0.6 is 23.2 Å². The molecule has 0 radical (unpaired) electrons. The normalized spacial score (nSPS) is 12.8. The van der Waals surface area contributed by atoms with Crippen LogP contribution in [0, 0.1) is 0 Å². The van der Waals surface area contributed by atoms with Crippen molar-refractivity contribution in [3.05, 3.63) is 81.2 Å². The van der Waals surface area contributed by atoms with Crippen molar-refractivity contribution in [3.63, 3.8) is 0 Å². The van der Waals surface area contributed by atoms with Crippen molar-refractivity contribution in [2.75, 3.05) is 0 Å². The van der Waals surface area contributed by atoms with E-state index in [2.05, 4.69) is 5.16 Å². The zero-order valence-corrected chi connectivity index (χ0v) is 15.9. The Labute approximate surface area is 173 Å². The molecule has 0 saturated heterocycles. The van der Waals surface area contributed by atoms with Crippen molar-refractivity contribution in [2.45, 2.75) is 6.61 Å². The number of ether oxygens (including phenoxy) is 1. The molecule has 3 aromatic rings. The van der Waals surface area contributed by atoms with E-state index in [1.165, 1.54) is 18.2 Å². The lowest BCUT2D eigenvalue weighted by atomic mass is 10.1. The van der Waals surface area contributed by atoms with Crippen molar-refractivity contribution in [1.29, 1.82) is 0 Å². The van der Waals surface area contributed by atoms with Crippen LogP contribution in [0.1, 0.15) is 37.0 Å². The quantitative estimate of drug-likeness (QED) is 0.563. The third kappa shape index (κ3) is 3.55. The minimum Gasteiger partial charge on any atom is -0.482 e. The number of aromatic nitrogens is 1. The Balaban J connectivity index is 1.43. The van der Waals surface area contributed by atoms with Crippen LogP contribution < -0.4 is 4.74 Å². The monoisotopic (exact) mass is 432 g/mol. The van der Waals surface area contributed by atoms with E-state index in [9.17, 15) is 14.4 Å². The fourth-order valence-corrected chi connectivity index (χ4v) is 3.13. The summed E-state index contributed by atoms with van der Waals surface area (Å²) in [7, 11) is 0. The maximum Gasteiger partial charge on any atom is 0.385 e. The van der Waals surface area contributed by atoms with Gasteiger partial charge in [-0.15, -0.1) is 0 Å². The van der Waals surface area contributed by atoms with E-state index in [4.69, 9.17) is 37.3 Å². The molecule has 0 N–H and O–H groups in total. The largest absolute Gasteiger partial charge is 0.482 e. The summed E-state index contributed by atoms with van der Waals surface area (Å²) in [6.07, 6.45) is 0. The van der Waals surface area contributed by atoms with Gasteiger partial charge in [0.1, 0.15) is 6.61 Å². The van der Waals surface area contributed by atoms with Crippen molar-refractivity contribution >= 4 is 41.0 Å². The molecule has 4 rings (SSSR count). The summed E-state index contributed by atoms with van der Waals surface area (Å²) in [5.74, 6) is -2.08. The van der Waals surface area contributed by atoms with E-state index in [0.29, 0.717) is 15.1 Å². The number of hydrogen-bond acceptors (Lipinski definition) is 7. The molecule has 0 unspecified atom stereocenters. The van der Waals surface area contributed by atoms with E-state index >= 15 is 0 Å². The van der Waals surface area contributed by atoms with Gasteiger partial charge in [-0.2, -0.15) is 0 Å². The summed E-state index contributed by atoms with van der Waals surface area (Å²) in [5, 5.41) is 4.58. The minimum absolute atomic E-state index is 0.114. The third-order valence-corrected chi connectivity index (χ3v) is 4.57. The molecule has 0 fully saturated rings. The van der Waals surface area contributed by atoms with Crippen LogP contribution in [-0.4, -0.2) is 28.0 Å². The van der Waals surface area contributed by atoms with E-state index in [0.717, 1.165) is 0 Å². The average Bonchev–Trinajstić information content (AvgIpc) is 3.27. The second kappa shape index (κ2) is 7.57. The number of nitrogens with zero attached hydrogens (tertiary/aromatic N) is 2. The molecule has 0 bridgehead atoms. The maximum atomic E-state index is 12.3. The molecule has 29 heavy (non-hydrogen) atoms. The van der Waals surface area contributed by atoms with Crippen LogP contribution in [0.3, 0.4) is 0 Å². The zero-order chi connectivity index (χ0) is 20.5. The second-order valence-corrected chi connectivity index (χ2v) is 6.66. The summed E-state index contributed by atoms with van der Waals surface area (Å²) in [6.45, 7) is -0.114. The first kappa shape index (κ1) is 19.0. The van der Waals surface area contributed by atoms with Gasteiger partial charge in [0.05, 0.1) is 21.2 Å². The highest BCUT2D eigenvalue weighted by Gasteiger charge is 2.39. The predicted octanol–water partition coefficient (Wildman–Crippen LogP) is 3.93. The number of carbonyl (C=O) groups excluding carboxylic acids is 3. The van der Waals surface area contributed by atoms with Gasteiger partial charge < -0.3 is 14.1 Å². The summed E-state index contributed by atoms with van der Waals surface area (Å²) < 4.78 is 10.5. The highest BCUT2D eigenvalue weighted by atomic mass is 35.5. The SMILES string of the molecule is O=C(ON1C(=O)c2ccccc2C1=O)c1cc(COc2c(Cl)cccc2Cl)on1. The molecule has 1 aliphatic heterocycles. The average molecular weight is 433 g/mol. The zero-order valence-electron chi connectivity index (χ0n) is 14.4. The van der Waals surface area contributed by atoms with Gasteiger partial charge in [-0.25, -0.2) is 4.79 Å². The van der Waals surface area contributed by atoms with Crippen LogP contribution in [0.2, 0.25) is 10.0 Å². The molecule has 0 aliphatic carbocycles. The Morgan fingerprint density at radius 3 is 2.24 bits per heavy atom. The molecular weight excluding hydrogens is 423 g/mol. The Hall–Kier alpha value is -3.36. The van der Waals surface area contributed by atoms with Gasteiger partial charge in [-0.1, -0.05) is 51.6 Å². The van der Waals surface area contributed by atoms with Crippen molar-refractivity contribution in [1.82, 2.24) is 10.2 Å². The van der Waals surface area contributed by atoms with Gasteiger partial charge in [-0.3, -0.25) is 9.59 Å². The van der Waals surface area contributed by atoms with Crippen molar-refractivity contribution in [2.24, 2.45) is 0 Å². The van der Waals surface area contributed by atoms with E-state index in [-0.39, 0.29) is 34.9 Å². The Morgan fingerprint density at radius 2 is 1.62 bits per heavy atom. The fourth-order valence-electron chi connectivity index (χ4n) is 2.62. The van der Waals surface area contributed by atoms with E-state index in [1.54, 1.807) is 30.3 Å². The summed E-state index contributed by atoms with van der Waals surface area (Å²) in [5.41, 5.74) is 0.0535. The second-order valence-electron chi connectivity index (χ2n) is 5.85. The number of rotatable bonds is 5. The van der Waals surface area contributed by atoms with Crippen LogP contribution in [0.25, 0.3) is 0 Å². The first-order chi connectivity index (χ1) is 14.0. The van der Waals surface area contributed by atoms with Gasteiger partial charge in [0.2, 0.25) is 0 Å². The lowest BCUT2D eigenvalue weighted by Crippen LogP contribution is -2.32. The molecule has 146 valence electrons. The molecule has 10 heteroatoms. The molecular formula is C19H10Cl2N2O6. The number of imide groups is 1. The summed E-state index contributed by atoms with van der Waals surface area (Å²) in [6, 6.07) is 12.3. The van der Waals surface area contributed by atoms with Crippen LogP contribution in [0.5, 0.6) is 5.75 Å². The van der Waals surface area contributed by atoms with Crippen LogP contribution in [0.15, 0.2) is 53.1 Å².